The summed E-state index contributed by atoms with van der Waals surface area (Å²) in [6, 6.07) is 12.3. The minimum atomic E-state index is -1.40. The van der Waals surface area contributed by atoms with Gasteiger partial charge in [-0.3, -0.25) is 0 Å². The predicted molar refractivity (Wildman–Crippen MR) is 62.2 cm³/mol. The molecule has 0 aliphatic heterocycles. The van der Waals surface area contributed by atoms with Crippen molar-refractivity contribution < 1.29 is 13.2 Å². The van der Waals surface area contributed by atoms with Gasteiger partial charge in [-0.25, -0.2) is 13.2 Å². The van der Waals surface area contributed by atoms with Gasteiger partial charge in [0.2, 0.25) is 0 Å². The average molecular weight is 238 g/mol. The van der Waals surface area contributed by atoms with Crippen LogP contribution in [0.15, 0.2) is 42.5 Å². The molecule has 0 saturated heterocycles. The van der Waals surface area contributed by atoms with E-state index in [0.29, 0.717) is 0 Å². The SMILES string of the molecule is Cc1ccc(F)c(F)c1F.Cc1ccccc1. The van der Waals surface area contributed by atoms with Gasteiger partial charge in [0.05, 0.1) is 0 Å². The van der Waals surface area contributed by atoms with Crippen LogP contribution in [0.4, 0.5) is 13.2 Å². The van der Waals surface area contributed by atoms with E-state index in [0.717, 1.165) is 6.07 Å². The molecule has 0 amide bonds. The molecule has 0 N–H and O–H groups in total. The molecule has 0 bridgehead atoms. The van der Waals surface area contributed by atoms with Crippen LogP contribution < -0.4 is 0 Å². The maximum atomic E-state index is 12.4. The second kappa shape index (κ2) is 6.09. The topological polar surface area (TPSA) is 0 Å². The van der Waals surface area contributed by atoms with Crippen LogP contribution in [0, 0.1) is 31.3 Å². The highest BCUT2D eigenvalue weighted by atomic mass is 19.2. The summed E-state index contributed by atoms with van der Waals surface area (Å²) >= 11 is 0. The highest BCUT2D eigenvalue weighted by Gasteiger charge is 2.09. The first-order valence-electron chi connectivity index (χ1n) is 5.14. The lowest BCUT2D eigenvalue weighted by molar-refractivity contribution is 0.443. The first-order valence-corrected chi connectivity index (χ1v) is 5.14. The van der Waals surface area contributed by atoms with Crippen LogP contribution >= 0.6 is 0 Å². The molecule has 3 heteroatoms. The fourth-order valence-corrected chi connectivity index (χ4v) is 1.16. The lowest BCUT2D eigenvalue weighted by Crippen LogP contribution is -1.92. The Balaban J connectivity index is 0.000000181. The first-order chi connectivity index (χ1) is 8.02. The van der Waals surface area contributed by atoms with E-state index < -0.39 is 17.5 Å². The molecule has 0 aliphatic rings. The second-order valence-electron chi connectivity index (χ2n) is 3.65. The number of aryl methyl sites for hydroxylation is 2. The van der Waals surface area contributed by atoms with Gasteiger partial charge in [0.1, 0.15) is 0 Å². The van der Waals surface area contributed by atoms with Gasteiger partial charge in [-0.1, -0.05) is 42.0 Å². The van der Waals surface area contributed by atoms with Gasteiger partial charge in [0, 0.05) is 0 Å². The minimum absolute atomic E-state index is 0.110. The van der Waals surface area contributed by atoms with Crippen LogP contribution in [0.25, 0.3) is 0 Å². The zero-order valence-electron chi connectivity index (χ0n) is 9.68. The van der Waals surface area contributed by atoms with Gasteiger partial charge >= 0.3 is 0 Å². The fourth-order valence-electron chi connectivity index (χ4n) is 1.16. The maximum absolute atomic E-state index is 12.4. The molecular formula is C14H13F3. The number of benzene rings is 2. The molecule has 0 nitrogen and oxygen atoms in total. The normalized spacial score (nSPS) is 9.47. The largest absolute Gasteiger partial charge is 0.204 e. The number of hydrogen-bond acceptors (Lipinski definition) is 0. The van der Waals surface area contributed by atoms with Gasteiger partial charge in [0.25, 0.3) is 0 Å². The van der Waals surface area contributed by atoms with E-state index in [4.69, 9.17) is 0 Å². The molecule has 0 heterocycles. The molecule has 2 aromatic carbocycles. The van der Waals surface area contributed by atoms with Crippen LogP contribution in [0.1, 0.15) is 11.1 Å². The van der Waals surface area contributed by atoms with Crippen LogP contribution in [0.5, 0.6) is 0 Å². The number of hydrogen-bond donors (Lipinski definition) is 0. The molecule has 0 atom stereocenters. The summed E-state index contributed by atoms with van der Waals surface area (Å²) in [7, 11) is 0. The van der Waals surface area contributed by atoms with E-state index in [2.05, 4.69) is 19.1 Å². The molecule has 0 unspecified atom stereocenters. The van der Waals surface area contributed by atoms with E-state index in [1.54, 1.807) is 0 Å². The Bertz CT molecular complexity index is 451. The molecule has 0 radical (unpaired) electrons. The van der Waals surface area contributed by atoms with Crippen LogP contribution in [0.2, 0.25) is 0 Å². The summed E-state index contributed by atoms with van der Waals surface area (Å²) in [5.74, 6) is -3.66. The second-order valence-corrected chi connectivity index (χ2v) is 3.65. The molecule has 2 aromatic rings. The average Bonchev–Trinajstić information content (AvgIpc) is 2.33. The first kappa shape index (κ1) is 13.3. The summed E-state index contributed by atoms with van der Waals surface area (Å²) in [6.07, 6.45) is 0. The van der Waals surface area contributed by atoms with Gasteiger partial charge in [-0.05, 0) is 25.5 Å². The van der Waals surface area contributed by atoms with Crippen molar-refractivity contribution in [3.8, 4) is 0 Å². The molecule has 0 aliphatic carbocycles. The molecule has 0 spiro atoms. The van der Waals surface area contributed by atoms with Crippen molar-refractivity contribution in [3.05, 3.63) is 71.0 Å². The third kappa shape index (κ3) is 3.94. The summed E-state index contributed by atoms with van der Waals surface area (Å²) in [4.78, 5) is 0. The Kier molecular flexibility index (Phi) is 4.76. The van der Waals surface area contributed by atoms with Crippen molar-refractivity contribution >= 4 is 0 Å². The summed E-state index contributed by atoms with van der Waals surface area (Å²) in [5, 5.41) is 0. The Hall–Kier alpha value is -1.77. The molecular weight excluding hydrogens is 225 g/mol. The monoisotopic (exact) mass is 238 g/mol. The van der Waals surface area contributed by atoms with Crippen LogP contribution in [0.3, 0.4) is 0 Å². The predicted octanol–water partition coefficient (Wildman–Crippen LogP) is 4.41. The lowest BCUT2D eigenvalue weighted by atomic mass is 10.2. The third-order valence-corrected chi connectivity index (χ3v) is 2.17. The van der Waals surface area contributed by atoms with Crippen LogP contribution in [-0.4, -0.2) is 0 Å². The Morgan fingerprint density at radius 2 is 1.29 bits per heavy atom. The van der Waals surface area contributed by atoms with E-state index in [9.17, 15) is 13.2 Å². The van der Waals surface area contributed by atoms with Gasteiger partial charge in [0.15, 0.2) is 17.5 Å². The highest BCUT2D eigenvalue weighted by molar-refractivity contribution is 5.18. The standard InChI is InChI=1S/C7H5F3.C7H8/c1-4-2-3-5(8)7(10)6(4)9;1-7-5-3-2-4-6-7/h2-3H,1H3;2-6H,1H3. The van der Waals surface area contributed by atoms with Crippen molar-refractivity contribution in [3.63, 3.8) is 0 Å². The molecule has 17 heavy (non-hydrogen) atoms. The van der Waals surface area contributed by atoms with Crippen molar-refractivity contribution in [2.45, 2.75) is 13.8 Å². The Labute approximate surface area is 98.7 Å². The van der Waals surface area contributed by atoms with Crippen molar-refractivity contribution in [2.24, 2.45) is 0 Å². The van der Waals surface area contributed by atoms with Gasteiger partial charge in [-0.2, -0.15) is 0 Å². The maximum Gasteiger partial charge on any atom is 0.194 e. The van der Waals surface area contributed by atoms with Crippen molar-refractivity contribution in [2.75, 3.05) is 0 Å². The minimum Gasteiger partial charge on any atom is -0.204 e. The van der Waals surface area contributed by atoms with E-state index in [1.807, 2.05) is 18.2 Å². The molecule has 0 fully saturated rings. The third-order valence-electron chi connectivity index (χ3n) is 2.17. The van der Waals surface area contributed by atoms with E-state index in [1.165, 1.54) is 18.6 Å². The van der Waals surface area contributed by atoms with Gasteiger partial charge < -0.3 is 0 Å². The van der Waals surface area contributed by atoms with E-state index in [-0.39, 0.29) is 5.56 Å². The summed E-state index contributed by atoms with van der Waals surface area (Å²) in [6.45, 7) is 3.46. The number of halogens is 3. The van der Waals surface area contributed by atoms with Gasteiger partial charge in [-0.15, -0.1) is 0 Å². The molecule has 0 aromatic heterocycles. The summed E-state index contributed by atoms with van der Waals surface area (Å²) < 4.78 is 36.8. The van der Waals surface area contributed by atoms with E-state index >= 15 is 0 Å². The smallest absolute Gasteiger partial charge is 0.194 e. The van der Waals surface area contributed by atoms with Crippen molar-refractivity contribution in [1.29, 1.82) is 0 Å². The zero-order valence-corrected chi connectivity index (χ0v) is 9.68. The van der Waals surface area contributed by atoms with Crippen LogP contribution in [-0.2, 0) is 0 Å². The lowest BCUT2D eigenvalue weighted by Gasteiger charge is -1.96. The highest BCUT2D eigenvalue weighted by Crippen LogP contribution is 2.13. The fraction of sp³-hybridized carbons (Fsp3) is 0.143. The quantitative estimate of drug-likeness (QED) is 0.596. The number of rotatable bonds is 0. The Morgan fingerprint density at radius 3 is 1.71 bits per heavy atom. The Morgan fingerprint density at radius 1 is 0.706 bits per heavy atom. The molecule has 90 valence electrons. The summed E-state index contributed by atoms with van der Waals surface area (Å²) in [5.41, 5.74) is 1.43. The molecule has 2 rings (SSSR count). The zero-order chi connectivity index (χ0) is 12.8. The van der Waals surface area contributed by atoms with Crippen molar-refractivity contribution in [1.82, 2.24) is 0 Å². The molecule has 0 saturated carbocycles.